The molecule has 2 aliphatic carbocycles. The molecule has 8 heteroatoms. The Labute approximate surface area is 211 Å². The van der Waals surface area contributed by atoms with Gasteiger partial charge in [0.2, 0.25) is 0 Å². The standard InChI is InChI=1S/C27H44NO6P/c1-21(28-26(29)32-27(2,3)4)19-22-15-17-23(18-16-22)31-20-35(30,33-24-11-7-5-8-12-24)34-25-13-9-6-10-14-25/h15-18,21,24-25H,5-14,19-20H2,1-4H3,(H,28,29)/t21-/m1/s1. The highest BCUT2D eigenvalue weighted by Crippen LogP contribution is 2.53. The van der Waals surface area contributed by atoms with Crippen LogP contribution in [0.25, 0.3) is 0 Å². The van der Waals surface area contributed by atoms with Gasteiger partial charge in [-0.2, -0.15) is 0 Å². The average Bonchev–Trinajstić information content (AvgIpc) is 2.78. The lowest BCUT2D eigenvalue weighted by Gasteiger charge is -2.31. The molecule has 1 amide bonds. The molecule has 1 N–H and O–H groups in total. The molecule has 0 aliphatic heterocycles. The molecule has 0 radical (unpaired) electrons. The number of amides is 1. The van der Waals surface area contributed by atoms with Gasteiger partial charge in [0.25, 0.3) is 0 Å². The minimum atomic E-state index is -3.37. The van der Waals surface area contributed by atoms with Crippen molar-refractivity contribution < 1.29 is 27.9 Å². The Morgan fingerprint density at radius 3 is 1.94 bits per heavy atom. The monoisotopic (exact) mass is 509 g/mol. The van der Waals surface area contributed by atoms with Gasteiger partial charge in [0.15, 0.2) is 6.35 Å². The number of hydrogen-bond donors (Lipinski definition) is 1. The van der Waals surface area contributed by atoms with Gasteiger partial charge in [0.1, 0.15) is 11.4 Å². The third kappa shape index (κ3) is 10.5. The van der Waals surface area contributed by atoms with Gasteiger partial charge in [-0.25, -0.2) is 4.79 Å². The van der Waals surface area contributed by atoms with Crippen molar-refractivity contribution in [2.45, 2.75) is 122 Å². The van der Waals surface area contributed by atoms with Gasteiger partial charge in [-0.05, 0) is 77.5 Å². The van der Waals surface area contributed by atoms with E-state index in [-0.39, 0.29) is 24.6 Å². The zero-order chi connectivity index (χ0) is 25.3. The highest BCUT2D eigenvalue weighted by molar-refractivity contribution is 7.53. The molecule has 0 bridgehead atoms. The fourth-order valence-corrected chi connectivity index (χ4v) is 6.48. The van der Waals surface area contributed by atoms with Gasteiger partial charge in [-0.15, -0.1) is 0 Å². The lowest BCUT2D eigenvalue weighted by molar-refractivity contribution is 0.0508. The Morgan fingerprint density at radius 2 is 1.46 bits per heavy atom. The Hall–Kier alpha value is -1.56. The highest BCUT2D eigenvalue weighted by atomic mass is 31.2. The number of nitrogens with one attached hydrogen (secondary N) is 1. The van der Waals surface area contributed by atoms with Crippen molar-refractivity contribution in [2.75, 3.05) is 6.35 Å². The van der Waals surface area contributed by atoms with Crippen LogP contribution in [0.3, 0.4) is 0 Å². The summed E-state index contributed by atoms with van der Waals surface area (Å²) in [6.45, 7) is 7.47. The minimum Gasteiger partial charge on any atom is -0.481 e. The van der Waals surface area contributed by atoms with Crippen LogP contribution in [0.15, 0.2) is 24.3 Å². The van der Waals surface area contributed by atoms with Gasteiger partial charge in [0.05, 0.1) is 12.2 Å². The molecule has 2 aliphatic rings. The first-order valence-corrected chi connectivity index (χ1v) is 15.0. The van der Waals surface area contributed by atoms with Crippen molar-refractivity contribution in [1.29, 1.82) is 0 Å². The summed E-state index contributed by atoms with van der Waals surface area (Å²) in [6, 6.07) is 7.56. The van der Waals surface area contributed by atoms with E-state index in [9.17, 15) is 9.36 Å². The molecule has 0 aromatic heterocycles. The SMILES string of the molecule is C[C@H](Cc1ccc(OCP(=O)(OC2CCCCC2)OC2CCCCC2)cc1)NC(=O)OC(C)(C)C. The molecule has 1 aromatic carbocycles. The molecular weight excluding hydrogens is 465 g/mol. The molecule has 0 heterocycles. The summed E-state index contributed by atoms with van der Waals surface area (Å²) in [6.07, 6.45) is 10.7. The predicted molar refractivity (Wildman–Crippen MR) is 138 cm³/mol. The van der Waals surface area contributed by atoms with Crippen LogP contribution in [0.2, 0.25) is 0 Å². The zero-order valence-electron chi connectivity index (χ0n) is 21.9. The van der Waals surface area contributed by atoms with E-state index in [0.717, 1.165) is 56.9 Å². The maximum Gasteiger partial charge on any atom is 0.407 e. The average molecular weight is 510 g/mol. The van der Waals surface area contributed by atoms with Crippen molar-refractivity contribution in [3.63, 3.8) is 0 Å². The van der Waals surface area contributed by atoms with Crippen molar-refractivity contribution in [1.82, 2.24) is 5.32 Å². The summed E-state index contributed by atoms with van der Waals surface area (Å²) in [7, 11) is -3.37. The van der Waals surface area contributed by atoms with Crippen LogP contribution in [0.4, 0.5) is 4.79 Å². The van der Waals surface area contributed by atoms with Crippen LogP contribution in [0, 0.1) is 0 Å². The van der Waals surface area contributed by atoms with Crippen molar-refractivity contribution in [3.05, 3.63) is 29.8 Å². The molecular formula is C27H44NO6P. The molecule has 198 valence electrons. The van der Waals surface area contributed by atoms with Crippen LogP contribution in [0.1, 0.15) is 97.5 Å². The quantitative estimate of drug-likeness (QED) is 0.332. The molecule has 1 atom stereocenters. The molecule has 3 rings (SSSR count). The van der Waals surface area contributed by atoms with E-state index in [1.807, 2.05) is 52.0 Å². The van der Waals surface area contributed by atoms with Crippen LogP contribution in [0.5, 0.6) is 5.75 Å². The van der Waals surface area contributed by atoms with Crippen LogP contribution in [-0.2, 0) is 24.8 Å². The lowest BCUT2D eigenvalue weighted by Crippen LogP contribution is -2.38. The van der Waals surface area contributed by atoms with Crippen LogP contribution in [-0.4, -0.2) is 36.3 Å². The van der Waals surface area contributed by atoms with E-state index in [2.05, 4.69) is 5.32 Å². The number of carbonyl (C=O) groups is 1. The Morgan fingerprint density at radius 1 is 0.943 bits per heavy atom. The highest BCUT2D eigenvalue weighted by Gasteiger charge is 2.34. The molecule has 0 spiro atoms. The van der Waals surface area contributed by atoms with E-state index in [1.54, 1.807) is 0 Å². The second-order valence-corrected chi connectivity index (χ2v) is 12.9. The van der Waals surface area contributed by atoms with E-state index in [4.69, 9.17) is 18.5 Å². The molecule has 0 saturated heterocycles. The molecule has 1 aromatic rings. The summed E-state index contributed by atoms with van der Waals surface area (Å²) in [4.78, 5) is 12.0. The molecule has 2 saturated carbocycles. The number of benzene rings is 1. The first kappa shape index (κ1) is 28.0. The van der Waals surface area contributed by atoms with Crippen LogP contribution < -0.4 is 10.1 Å². The second-order valence-electron chi connectivity index (χ2n) is 11.0. The number of carbonyl (C=O) groups excluding carboxylic acids is 1. The number of rotatable bonds is 10. The van der Waals surface area contributed by atoms with E-state index in [0.29, 0.717) is 12.2 Å². The largest absolute Gasteiger partial charge is 0.481 e. The molecule has 0 unspecified atom stereocenters. The number of ether oxygens (including phenoxy) is 2. The first-order valence-electron chi connectivity index (χ1n) is 13.3. The summed E-state index contributed by atoms with van der Waals surface area (Å²) in [5.41, 5.74) is 0.532. The van der Waals surface area contributed by atoms with Gasteiger partial charge >= 0.3 is 13.7 Å². The lowest BCUT2D eigenvalue weighted by atomic mass is 9.98. The molecule has 2 fully saturated rings. The van der Waals surface area contributed by atoms with Gasteiger partial charge in [0, 0.05) is 6.04 Å². The van der Waals surface area contributed by atoms with Crippen molar-refractivity contribution in [3.8, 4) is 5.75 Å². The first-order chi connectivity index (χ1) is 16.6. The van der Waals surface area contributed by atoms with Gasteiger partial charge in [-0.1, -0.05) is 50.7 Å². The normalized spacial score (nSPS) is 19.2. The second kappa shape index (κ2) is 13.1. The minimum absolute atomic E-state index is 0.0110. The van der Waals surface area contributed by atoms with Crippen LogP contribution >= 0.6 is 7.60 Å². The van der Waals surface area contributed by atoms with Crippen molar-refractivity contribution >= 4 is 13.7 Å². The predicted octanol–water partition coefficient (Wildman–Crippen LogP) is 7.37. The Balaban J connectivity index is 1.53. The van der Waals surface area contributed by atoms with E-state index < -0.39 is 19.3 Å². The molecule has 35 heavy (non-hydrogen) atoms. The summed E-state index contributed by atoms with van der Waals surface area (Å²) in [5, 5.41) is 2.86. The van der Waals surface area contributed by atoms with Crippen molar-refractivity contribution in [2.24, 2.45) is 0 Å². The molecule has 7 nitrogen and oxygen atoms in total. The Bertz CT molecular complexity index is 801. The van der Waals surface area contributed by atoms with Gasteiger partial charge < -0.3 is 23.8 Å². The smallest absolute Gasteiger partial charge is 0.407 e. The fourth-order valence-electron chi connectivity index (χ4n) is 4.67. The summed E-state index contributed by atoms with van der Waals surface area (Å²) in [5.74, 6) is 0.626. The topological polar surface area (TPSA) is 83.1 Å². The van der Waals surface area contributed by atoms with E-state index in [1.165, 1.54) is 12.8 Å². The fraction of sp³-hybridized carbons (Fsp3) is 0.741. The third-order valence-corrected chi connectivity index (χ3v) is 8.03. The van der Waals surface area contributed by atoms with Gasteiger partial charge in [-0.3, -0.25) is 4.57 Å². The maximum atomic E-state index is 13.7. The third-order valence-electron chi connectivity index (χ3n) is 6.34. The maximum absolute atomic E-state index is 13.7. The van der Waals surface area contributed by atoms with E-state index >= 15 is 0 Å². The Kier molecular flexibility index (Phi) is 10.5. The number of alkyl carbamates (subject to hydrolysis) is 1. The number of hydrogen-bond acceptors (Lipinski definition) is 6. The zero-order valence-corrected chi connectivity index (χ0v) is 22.8. The summed E-state index contributed by atoms with van der Waals surface area (Å²) < 4.78 is 37.2. The summed E-state index contributed by atoms with van der Waals surface area (Å²) >= 11 is 0.